The zero-order chi connectivity index (χ0) is 22.8. The molecule has 4 aromatic rings. The van der Waals surface area contributed by atoms with E-state index in [1.165, 1.54) is 32.8 Å². The zero-order valence-corrected chi connectivity index (χ0v) is 18.6. The Labute approximate surface area is 192 Å². The largest absolute Gasteiger partial charge is 0.349 e. The van der Waals surface area contributed by atoms with Crippen LogP contribution in [-0.2, 0) is 19.5 Å². The summed E-state index contributed by atoms with van der Waals surface area (Å²) < 4.78 is 18.4. The van der Waals surface area contributed by atoms with Gasteiger partial charge in [-0.15, -0.1) is 16.4 Å². The predicted octanol–water partition coefficient (Wildman–Crippen LogP) is 2.65. The van der Waals surface area contributed by atoms with Crippen LogP contribution in [-0.4, -0.2) is 41.6 Å². The number of thiophene rings is 1. The normalized spacial score (nSPS) is 13.1. The molecule has 0 saturated heterocycles. The first-order valence-corrected chi connectivity index (χ1v) is 11.7. The second-order valence-corrected chi connectivity index (χ2v) is 8.72. The molecule has 0 radical (unpaired) electrons. The number of aromatic nitrogens is 6. The fourth-order valence-corrected chi connectivity index (χ4v) is 4.56. The van der Waals surface area contributed by atoms with Gasteiger partial charge in [-0.3, -0.25) is 9.36 Å². The number of nitrogens with one attached hydrogen (secondary N) is 1. The second-order valence-electron chi connectivity index (χ2n) is 7.77. The van der Waals surface area contributed by atoms with Crippen molar-refractivity contribution in [3.63, 3.8) is 0 Å². The molecule has 4 heterocycles. The Morgan fingerprint density at radius 1 is 1.18 bits per heavy atom. The van der Waals surface area contributed by atoms with Crippen molar-refractivity contribution in [3.05, 3.63) is 69.7 Å². The van der Waals surface area contributed by atoms with E-state index in [4.69, 9.17) is 0 Å². The Bertz CT molecular complexity index is 1340. The van der Waals surface area contributed by atoms with Crippen LogP contribution < -0.4 is 11.0 Å². The molecule has 5 rings (SSSR count). The molecule has 0 atom stereocenters. The molecule has 1 aliphatic rings. The monoisotopic (exact) mass is 467 g/mol. The highest BCUT2D eigenvalue weighted by atomic mass is 32.1. The molecular weight excluding hydrogens is 445 g/mol. The molecule has 170 valence electrons. The molecule has 0 fully saturated rings. The minimum Gasteiger partial charge on any atom is -0.349 e. The summed E-state index contributed by atoms with van der Waals surface area (Å²) in [4.78, 5) is 30.3. The first kappa shape index (κ1) is 21.3. The Morgan fingerprint density at radius 2 is 2.09 bits per heavy atom. The summed E-state index contributed by atoms with van der Waals surface area (Å²) in [5.41, 5.74) is 0.389. The summed E-state index contributed by atoms with van der Waals surface area (Å²) in [7, 11) is 0. The van der Waals surface area contributed by atoms with E-state index in [0.717, 1.165) is 36.5 Å². The lowest BCUT2D eigenvalue weighted by Crippen LogP contribution is -2.29. The molecular formula is C22H22FN7O2S. The predicted molar refractivity (Wildman–Crippen MR) is 121 cm³/mol. The van der Waals surface area contributed by atoms with Crippen LogP contribution in [0.25, 0.3) is 16.4 Å². The van der Waals surface area contributed by atoms with Crippen molar-refractivity contribution in [2.75, 3.05) is 6.54 Å². The van der Waals surface area contributed by atoms with Gasteiger partial charge in [-0.1, -0.05) is 12.1 Å². The molecule has 0 bridgehead atoms. The Balaban J connectivity index is 1.28. The number of carbonyl (C=O) groups excluding carboxylic acids is 1. The fraction of sp³-hybridized carbons (Fsp3) is 0.318. The number of hydrogen-bond donors (Lipinski definition) is 1. The van der Waals surface area contributed by atoms with Gasteiger partial charge in [0, 0.05) is 26.1 Å². The van der Waals surface area contributed by atoms with Gasteiger partial charge in [-0.2, -0.15) is 5.10 Å². The van der Waals surface area contributed by atoms with Gasteiger partial charge in [0.1, 0.15) is 11.6 Å². The van der Waals surface area contributed by atoms with Crippen LogP contribution in [0.2, 0.25) is 0 Å². The van der Waals surface area contributed by atoms with Crippen molar-refractivity contribution in [3.8, 4) is 16.4 Å². The fourth-order valence-electron chi connectivity index (χ4n) is 3.87. The van der Waals surface area contributed by atoms with Crippen LogP contribution in [0.3, 0.4) is 0 Å². The minimum atomic E-state index is -0.431. The highest BCUT2D eigenvalue weighted by Crippen LogP contribution is 2.25. The van der Waals surface area contributed by atoms with E-state index in [9.17, 15) is 14.0 Å². The number of rotatable bonds is 7. The molecule has 0 spiro atoms. The highest BCUT2D eigenvalue weighted by Gasteiger charge is 2.20. The number of aryl methyl sites for hydroxylation is 2. The molecule has 11 heteroatoms. The average molecular weight is 468 g/mol. The van der Waals surface area contributed by atoms with Gasteiger partial charge < -0.3 is 5.32 Å². The topological polar surface area (TPSA) is 99.6 Å². The van der Waals surface area contributed by atoms with E-state index in [0.29, 0.717) is 31.0 Å². The lowest BCUT2D eigenvalue weighted by molar-refractivity contribution is 0.0942. The van der Waals surface area contributed by atoms with Crippen LogP contribution in [0.5, 0.6) is 0 Å². The number of amides is 1. The van der Waals surface area contributed by atoms with E-state index in [1.54, 1.807) is 16.7 Å². The third-order valence-corrected chi connectivity index (χ3v) is 6.33. The van der Waals surface area contributed by atoms with E-state index >= 15 is 0 Å². The maximum Gasteiger partial charge on any atom is 0.345 e. The SMILES string of the molecule is O=C(NCCCn1nc2n(c1=O)CCCC2)c1nc(-c2cccs2)n(-c2cccc(F)c2)n1. The molecule has 33 heavy (non-hydrogen) atoms. The van der Waals surface area contributed by atoms with E-state index in [-0.39, 0.29) is 11.5 Å². The molecule has 1 aromatic carbocycles. The van der Waals surface area contributed by atoms with Crippen molar-refractivity contribution in [2.24, 2.45) is 0 Å². The zero-order valence-electron chi connectivity index (χ0n) is 17.8. The lowest BCUT2D eigenvalue weighted by Gasteiger charge is -2.09. The van der Waals surface area contributed by atoms with E-state index in [2.05, 4.69) is 20.5 Å². The van der Waals surface area contributed by atoms with Gasteiger partial charge in [-0.05, 0) is 48.9 Å². The van der Waals surface area contributed by atoms with Gasteiger partial charge in [0.05, 0.1) is 10.6 Å². The molecule has 1 N–H and O–H groups in total. The summed E-state index contributed by atoms with van der Waals surface area (Å²) in [6.07, 6.45) is 3.42. The summed E-state index contributed by atoms with van der Waals surface area (Å²) in [5, 5.41) is 13.4. The van der Waals surface area contributed by atoms with Gasteiger partial charge >= 0.3 is 5.69 Å². The van der Waals surface area contributed by atoms with Crippen LogP contribution in [0.15, 0.2) is 46.6 Å². The van der Waals surface area contributed by atoms with Crippen LogP contribution in [0.4, 0.5) is 4.39 Å². The molecule has 1 amide bonds. The van der Waals surface area contributed by atoms with Crippen LogP contribution in [0.1, 0.15) is 35.7 Å². The Kier molecular flexibility index (Phi) is 5.86. The molecule has 0 saturated carbocycles. The highest BCUT2D eigenvalue weighted by molar-refractivity contribution is 7.13. The van der Waals surface area contributed by atoms with Crippen molar-refractivity contribution in [2.45, 2.75) is 38.8 Å². The van der Waals surface area contributed by atoms with Crippen molar-refractivity contribution in [1.29, 1.82) is 0 Å². The standard InChI is InChI=1S/C22H22FN7O2S/c23-15-6-3-7-16(14-15)30-20(17-8-4-13-33-17)25-19(27-30)21(31)24-10-5-12-29-22(32)28-11-2-1-9-18(28)26-29/h3-4,6-8,13-14H,1-2,5,9-12H2,(H,24,31). The first-order chi connectivity index (χ1) is 16.1. The van der Waals surface area contributed by atoms with Crippen molar-refractivity contribution in [1.82, 2.24) is 34.4 Å². The third-order valence-electron chi connectivity index (χ3n) is 5.47. The molecule has 3 aromatic heterocycles. The number of carbonyl (C=O) groups is 1. The Morgan fingerprint density at radius 3 is 2.88 bits per heavy atom. The van der Waals surface area contributed by atoms with Crippen molar-refractivity contribution >= 4 is 17.2 Å². The van der Waals surface area contributed by atoms with E-state index < -0.39 is 11.7 Å². The number of halogens is 1. The molecule has 9 nitrogen and oxygen atoms in total. The lowest BCUT2D eigenvalue weighted by atomic mass is 10.2. The first-order valence-electron chi connectivity index (χ1n) is 10.8. The van der Waals surface area contributed by atoms with Gasteiger partial charge in [0.15, 0.2) is 5.82 Å². The maximum atomic E-state index is 13.8. The van der Waals surface area contributed by atoms with Gasteiger partial charge in [0.25, 0.3) is 5.91 Å². The number of nitrogens with zero attached hydrogens (tertiary/aromatic N) is 6. The second kappa shape index (κ2) is 9.10. The number of fused-ring (bicyclic) bond motifs is 1. The Hall–Kier alpha value is -3.60. The summed E-state index contributed by atoms with van der Waals surface area (Å²) in [6.45, 7) is 1.48. The minimum absolute atomic E-state index is 0.00251. The van der Waals surface area contributed by atoms with Crippen molar-refractivity contribution < 1.29 is 9.18 Å². The molecule has 0 aliphatic carbocycles. The quantitative estimate of drug-likeness (QED) is 0.421. The van der Waals surface area contributed by atoms with Gasteiger partial charge in [-0.25, -0.2) is 23.5 Å². The smallest absolute Gasteiger partial charge is 0.345 e. The number of benzene rings is 1. The maximum absolute atomic E-state index is 13.8. The van der Waals surface area contributed by atoms with Crippen LogP contribution in [0, 0.1) is 5.82 Å². The van der Waals surface area contributed by atoms with Gasteiger partial charge in [0.2, 0.25) is 5.82 Å². The molecule has 0 unspecified atom stereocenters. The number of hydrogen-bond acceptors (Lipinski definition) is 6. The van der Waals surface area contributed by atoms with Crippen LogP contribution >= 0.6 is 11.3 Å². The summed E-state index contributed by atoms with van der Waals surface area (Å²) in [5.74, 6) is 0.471. The third kappa shape index (κ3) is 4.36. The summed E-state index contributed by atoms with van der Waals surface area (Å²) >= 11 is 1.46. The molecule has 1 aliphatic heterocycles. The average Bonchev–Trinajstić information content (AvgIpc) is 3.56. The summed E-state index contributed by atoms with van der Waals surface area (Å²) in [6, 6.07) is 9.73. The van der Waals surface area contributed by atoms with E-state index in [1.807, 2.05) is 17.5 Å².